The van der Waals surface area contributed by atoms with Gasteiger partial charge in [0.25, 0.3) is 0 Å². The second-order valence-corrected chi connectivity index (χ2v) is 28.0. The summed E-state index contributed by atoms with van der Waals surface area (Å²) in [5.74, 6) is 0.367. The smallest absolute Gasteiger partial charge is 0.308 e. The molecule has 4 fully saturated rings. The third kappa shape index (κ3) is 18.8. The van der Waals surface area contributed by atoms with E-state index >= 15 is 0 Å². The number of ether oxygens (including phenoxy) is 8. The number of aliphatic carboxylic acids is 4. The lowest BCUT2D eigenvalue weighted by atomic mass is 9.83. The van der Waals surface area contributed by atoms with Gasteiger partial charge in [-0.25, -0.2) is 0 Å². The van der Waals surface area contributed by atoms with Crippen molar-refractivity contribution in [3.05, 3.63) is 131 Å². The number of nitrogens with zero attached hydrogens (tertiary/aromatic N) is 6. The molecule has 0 radical (unpaired) electrons. The molecule has 0 spiro atoms. The SMILES string of the molecule is CCCCN(CCC[N+](C)(C)C)C(=O)CN1C[C@H](c2cc(OC)c3c(c2)OCO3)[C@@H](C(=O)O)[C@@H]1CCc1cccc2c1OCO2.COc1ccc([C@H]2CN(C)[C@@H](C)[C@@H]2C(=O)O)cc1.COc1ccc([C@H]2CN(C)[C@@H](C)[C@@H]2C(=O)O)cc1.COc1ccc([C@H]2CN(C)[C@@H](C)[C@@H]2C(=O)O)cc1. The summed E-state index contributed by atoms with van der Waals surface area (Å²) >= 11 is 0. The molecule has 6 aliphatic rings. The van der Waals surface area contributed by atoms with E-state index in [1.54, 1.807) is 28.4 Å². The summed E-state index contributed by atoms with van der Waals surface area (Å²) in [4.78, 5) is 71.6. The zero-order chi connectivity index (χ0) is 72.0. The van der Waals surface area contributed by atoms with Crippen molar-refractivity contribution in [2.75, 3.05) is 137 Å². The van der Waals surface area contributed by atoms with Gasteiger partial charge in [0, 0.05) is 93.5 Å². The first kappa shape index (κ1) is 76.4. The predicted molar refractivity (Wildman–Crippen MR) is 375 cm³/mol. The molecule has 4 N–H and O–H groups in total. The van der Waals surface area contributed by atoms with Crippen molar-refractivity contribution >= 4 is 29.8 Å². The quantitative estimate of drug-likeness (QED) is 0.0419. The lowest BCUT2D eigenvalue weighted by Crippen LogP contribution is -2.45. The number of hydrogen-bond acceptors (Lipinski definition) is 17. The first-order valence-electron chi connectivity index (χ1n) is 34.3. The number of carboxylic acids is 4. The molecule has 5 aromatic rings. The number of para-hydroxylation sites is 1. The largest absolute Gasteiger partial charge is 0.497 e. The van der Waals surface area contributed by atoms with Gasteiger partial charge in [0.1, 0.15) is 17.2 Å². The maximum absolute atomic E-state index is 13.9. The van der Waals surface area contributed by atoms with Gasteiger partial charge in [-0.2, -0.15) is 0 Å². The van der Waals surface area contributed by atoms with Gasteiger partial charge in [-0.15, -0.1) is 0 Å². The molecule has 23 nitrogen and oxygen atoms in total. The van der Waals surface area contributed by atoms with Crippen LogP contribution in [0.3, 0.4) is 0 Å². The zero-order valence-corrected chi connectivity index (χ0v) is 60.1. The monoisotopic (exact) mass is 1370 g/mol. The van der Waals surface area contributed by atoms with E-state index < -0.39 is 29.8 Å². The van der Waals surface area contributed by atoms with E-state index in [1.807, 2.05) is 150 Å². The maximum atomic E-state index is 13.9. The van der Waals surface area contributed by atoms with Gasteiger partial charge in [-0.1, -0.05) is 61.9 Å². The summed E-state index contributed by atoms with van der Waals surface area (Å²) in [5, 5.41) is 38.8. The number of carbonyl (C=O) groups is 5. The number of quaternary nitrogens is 1. The van der Waals surface area contributed by atoms with Crippen LogP contribution in [0, 0.1) is 23.7 Å². The third-order valence-corrected chi connectivity index (χ3v) is 20.9. The number of unbranched alkanes of at least 4 members (excludes halogenated alkanes) is 1. The van der Waals surface area contributed by atoms with Gasteiger partial charge in [0.05, 0.1) is 86.3 Å². The molecular weight excluding hydrogens is 1270 g/mol. The molecule has 12 atom stereocenters. The minimum absolute atomic E-state index is 0.0419. The van der Waals surface area contributed by atoms with Crippen LogP contribution in [0.1, 0.15) is 105 Å². The Balaban J connectivity index is 0.000000190. The van der Waals surface area contributed by atoms with Crippen molar-refractivity contribution in [3.8, 4) is 46.0 Å². The van der Waals surface area contributed by atoms with Crippen LogP contribution in [-0.2, 0) is 30.4 Å². The number of likely N-dealkylation sites (tertiary alicyclic amines) is 4. The Morgan fingerprint density at radius 1 is 0.515 bits per heavy atom. The Bertz CT molecular complexity index is 3300. The number of carboxylic acid groups (broad SMARTS) is 4. The zero-order valence-electron chi connectivity index (χ0n) is 60.1. The Hall–Kier alpha value is -8.35. The minimum atomic E-state index is -0.889. The average Bonchev–Trinajstić information content (AvgIpc) is 1.65. The molecule has 0 saturated carbocycles. The highest BCUT2D eigenvalue weighted by Gasteiger charge is 2.49. The molecule has 0 aromatic heterocycles. The molecule has 11 rings (SSSR count). The highest BCUT2D eigenvalue weighted by atomic mass is 16.7. The molecule has 6 aliphatic heterocycles. The minimum Gasteiger partial charge on any atom is -0.497 e. The van der Waals surface area contributed by atoms with Gasteiger partial charge >= 0.3 is 23.9 Å². The molecule has 0 unspecified atom stereocenters. The van der Waals surface area contributed by atoms with Crippen molar-refractivity contribution in [3.63, 3.8) is 0 Å². The van der Waals surface area contributed by atoms with Crippen molar-refractivity contribution in [2.45, 2.75) is 108 Å². The number of amides is 1. The number of hydrogen-bond donors (Lipinski definition) is 4. The van der Waals surface area contributed by atoms with E-state index in [9.17, 15) is 44.4 Å². The highest BCUT2D eigenvalue weighted by molar-refractivity contribution is 5.79. The Morgan fingerprint density at radius 3 is 1.35 bits per heavy atom. The summed E-state index contributed by atoms with van der Waals surface area (Å²) in [6, 6.07) is 32.4. The van der Waals surface area contributed by atoms with Gasteiger partial charge in [0.15, 0.2) is 23.0 Å². The van der Waals surface area contributed by atoms with Crippen LogP contribution in [-0.4, -0.2) is 240 Å². The van der Waals surface area contributed by atoms with Crippen molar-refractivity contribution in [1.82, 2.24) is 24.5 Å². The van der Waals surface area contributed by atoms with Crippen LogP contribution >= 0.6 is 0 Å². The van der Waals surface area contributed by atoms with E-state index in [0.717, 1.165) is 95.0 Å². The van der Waals surface area contributed by atoms with E-state index in [2.05, 4.69) is 47.7 Å². The predicted octanol–water partition coefficient (Wildman–Crippen LogP) is 9.42. The molecule has 23 heteroatoms. The average molecular weight is 1370 g/mol. The van der Waals surface area contributed by atoms with E-state index in [1.165, 1.54) is 0 Å². The van der Waals surface area contributed by atoms with Gasteiger partial charge < -0.3 is 82.4 Å². The molecule has 5 aromatic carbocycles. The summed E-state index contributed by atoms with van der Waals surface area (Å²) < 4.78 is 44.4. The summed E-state index contributed by atoms with van der Waals surface area (Å²) in [5.41, 5.74) is 4.98. The molecule has 540 valence electrons. The Morgan fingerprint density at radius 2 is 0.939 bits per heavy atom. The number of rotatable bonds is 24. The second-order valence-electron chi connectivity index (χ2n) is 28.0. The fourth-order valence-corrected chi connectivity index (χ4v) is 15.0. The summed E-state index contributed by atoms with van der Waals surface area (Å²) in [6.45, 7) is 13.6. The lowest BCUT2D eigenvalue weighted by Gasteiger charge is -2.31. The molecule has 0 aliphatic carbocycles. The number of benzene rings is 5. The van der Waals surface area contributed by atoms with E-state index in [4.69, 9.17) is 37.9 Å². The summed E-state index contributed by atoms with van der Waals surface area (Å²) in [7, 11) is 18.8. The van der Waals surface area contributed by atoms with Crippen LogP contribution < -0.4 is 37.9 Å². The molecule has 6 heterocycles. The van der Waals surface area contributed by atoms with Gasteiger partial charge in [-0.05, 0) is 144 Å². The highest BCUT2D eigenvalue weighted by Crippen LogP contribution is 2.48. The third-order valence-electron chi connectivity index (χ3n) is 20.9. The van der Waals surface area contributed by atoms with Gasteiger partial charge in [0.2, 0.25) is 25.2 Å². The fraction of sp³-hybridized carbons (Fsp3) is 0.539. The second kappa shape index (κ2) is 34.6. The molecule has 1 amide bonds. The molecule has 4 saturated heterocycles. The van der Waals surface area contributed by atoms with Crippen LogP contribution in [0.25, 0.3) is 0 Å². The standard InChI is InChI=1S/C34H47N3O8.3C14H19NO3/c1-6-7-14-35(15-9-16-37(2,3)4)30(38)20-36-19-25(24-17-28(41-5)33-29(18-24)43-22-45-33)31(34(39)40)26(36)13-12-23-10-8-11-27-32(23)44-21-42-27;3*1-9-13(14(16)17)12(8-15(9)2)10-4-6-11(18-3)7-5-10/h8,10-11,17-18,25-26,31H,6-7,9,12-16,19-22H2,1-5H3;3*4-7,9,12-13H,8H2,1-3H3,(H,16,17)/p+1/t25-,26+,31-;3*9-,12+,13-/m1000/s1. The number of fused-ring (bicyclic) bond motifs is 2. The fourth-order valence-electron chi connectivity index (χ4n) is 15.0. The van der Waals surface area contributed by atoms with Crippen LogP contribution in [0.2, 0.25) is 0 Å². The first-order chi connectivity index (χ1) is 47.2. The lowest BCUT2D eigenvalue weighted by molar-refractivity contribution is -0.870. The maximum Gasteiger partial charge on any atom is 0.308 e. The van der Waals surface area contributed by atoms with Gasteiger partial charge in [-0.3, -0.25) is 28.9 Å². The number of likely N-dealkylation sites (N-methyl/N-ethyl adjacent to an activating group) is 3. The van der Waals surface area contributed by atoms with E-state index in [0.29, 0.717) is 61.2 Å². The number of methoxy groups -OCH3 is 4. The topological polar surface area (TPSA) is 256 Å². The normalized spacial score (nSPS) is 24.7. The molecule has 0 bridgehead atoms. The molecule has 99 heavy (non-hydrogen) atoms. The number of aryl methyl sites for hydroxylation is 1. The van der Waals surface area contributed by atoms with Crippen LogP contribution in [0.15, 0.2) is 103 Å². The van der Waals surface area contributed by atoms with Crippen molar-refractivity contribution in [2.24, 2.45) is 23.7 Å². The van der Waals surface area contributed by atoms with Crippen LogP contribution in [0.4, 0.5) is 0 Å². The first-order valence-corrected chi connectivity index (χ1v) is 34.3. The number of carbonyl (C=O) groups excluding carboxylic acids is 1. The summed E-state index contributed by atoms with van der Waals surface area (Å²) in [6.07, 6.45) is 3.96. The van der Waals surface area contributed by atoms with Crippen molar-refractivity contribution < 1.29 is 86.8 Å². The van der Waals surface area contributed by atoms with Crippen molar-refractivity contribution in [1.29, 1.82) is 0 Å². The molecular formula is C76H105N6O17+. The van der Waals surface area contributed by atoms with Crippen LogP contribution in [0.5, 0.6) is 46.0 Å². The Kier molecular flexibility index (Phi) is 26.7. The van der Waals surface area contributed by atoms with E-state index in [-0.39, 0.29) is 91.6 Å². The Labute approximate surface area is 583 Å².